The molecule has 1 N–H and O–H groups in total. The number of nitrogens with zero attached hydrogens (tertiary/aromatic N) is 3. The summed E-state index contributed by atoms with van der Waals surface area (Å²) in [5, 5.41) is 10.9. The summed E-state index contributed by atoms with van der Waals surface area (Å²) in [5.74, 6) is 1.35. The van der Waals surface area contributed by atoms with Crippen LogP contribution in [0.3, 0.4) is 0 Å². The number of likely N-dealkylation sites (tertiary alicyclic amines) is 1. The zero-order chi connectivity index (χ0) is 15.5. The van der Waals surface area contributed by atoms with Gasteiger partial charge < -0.3 is 10.2 Å². The minimum atomic E-state index is -0.000266. The van der Waals surface area contributed by atoms with Crippen LogP contribution in [0.4, 0.5) is 5.82 Å². The maximum absolute atomic E-state index is 12.5. The average molecular weight is 290 g/mol. The standard InChI is InChI=1S/C16H26N4O/c1-16(2,3)12-6-5-10-20(11-9-12)15(21)13-7-8-14(17-4)19-18-13/h7-8,12H,5-6,9-11H2,1-4H3,(H,17,19). The second kappa shape index (κ2) is 6.41. The molecule has 21 heavy (non-hydrogen) atoms. The summed E-state index contributed by atoms with van der Waals surface area (Å²) in [6.45, 7) is 8.50. The fourth-order valence-corrected chi connectivity index (χ4v) is 2.91. The van der Waals surface area contributed by atoms with Crippen LogP contribution in [0.5, 0.6) is 0 Å². The summed E-state index contributed by atoms with van der Waals surface area (Å²) in [6.07, 6.45) is 3.32. The van der Waals surface area contributed by atoms with Crippen LogP contribution in [0, 0.1) is 11.3 Å². The highest BCUT2D eigenvalue weighted by Gasteiger charge is 2.29. The maximum Gasteiger partial charge on any atom is 0.274 e. The molecule has 1 unspecified atom stereocenters. The van der Waals surface area contributed by atoms with Crippen molar-refractivity contribution >= 4 is 11.7 Å². The van der Waals surface area contributed by atoms with E-state index in [4.69, 9.17) is 0 Å². The summed E-state index contributed by atoms with van der Waals surface area (Å²) in [4.78, 5) is 14.4. The van der Waals surface area contributed by atoms with Crippen molar-refractivity contribution in [1.82, 2.24) is 15.1 Å². The zero-order valence-corrected chi connectivity index (χ0v) is 13.5. The maximum atomic E-state index is 12.5. The van der Waals surface area contributed by atoms with Crippen molar-refractivity contribution in [3.05, 3.63) is 17.8 Å². The predicted molar refractivity (Wildman–Crippen MR) is 84.3 cm³/mol. The number of carbonyl (C=O) groups is 1. The Morgan fingerprint density at radius 3 is 2.57 bits per heavy atom. The van der Waals surface area contributed by atoms with E-state index in [0.717, 1.165) is 25.9 Å². The molecule has 1 aromatic heterocycles. The monoisotopic (exact) mass is 290 g/mol. The first-order valence-electron chi connectivity index (χ1n) is 7.72. The topological polar surface area (TPSA) is 58.1 Å². The molecule has 1 aromatic rings. The van der Waals surface area contributed by atoms with Crippen LogP contribution in [0.1, 0.15) is 50.5 Å². The minimum Gasteiger partial charge on any atom is -0.372 e. The van der Waals surface area contributed by atoms with E-state index in [-0.39, 0.29) is 5.91 Å². The fraction of sp³-hybridized carbons (Fsp3) is 0.688. The molecule has 0 radical (unpaired) electrons. The highest BCUT2D eigenvalue weighted by atomic mass is 16.2. The van der Waals surface area contributed by atoms with E-state index >= 15 is 0 Å². The van der Waals surface area contributed by atoms with E-state index < -0.39 is 0 Å². The van der Waals surface area contributed by atoms with Crippen LogP contribution in [0.2, 0.25) is 0 Å². The van der Waals surface area contributed by atoms with Gasteiger partial charge in [-0.15, -0.1) is 10.2 Å². The summed E-state index contributed by atoms with van der Waals surface area (Å²) < 4.78 is 0. The van der Waals surface area contributed by atoms with E-state index in [1.54, 1.807) is 19.2 Å². The number of aromatic nitrogens is 2. The van der Waals surface area contributed by atoms with Gasteiger partial charge in [0.1, 0.15) is 5.82 Å². The molecule has 1 amide bonds. The lowest BCUT2D eigenvalue weighted by atomic mass is 9.77. The van der Waals surface area contributed by atoms with Crippen LogP contribution in [0.25, 0.3) is 0 Å². The Morgan fingerprint density at radius 1 is 1.24 bits per heavy atom. The van der Waals surface area contributed by atoms with Crippen LogP contribution >= 0.6 is 0 Å². The molecule has 2 rings (SSSR count). The molecule has 5 nitrogen and oxygen atoms in total. The minimum absolute atomic E-state index is 0.000266. The Balaban J connectivity index is 2.02. The van der Waals surface area contributed by atoms with Gasteiger partial charge in [0.05, 0.1) is 0 Å². The van der Waals surface area contributed by atoms with Gasteiger partial charge in [-0.25, -0.2) is 0 Å². The first-order chi connectivity index (χ1) is 9.91. The summed E-state index contributed by atoms with van der Waals surface area (Å²) in [5.41, 5.74) is 0.746. The Labute approximate surface area is 127 Å². The lowest BCUT2D eigenvalue weighted by molar-refractivity contribution is 0.0748. The quantitative estimate of drug-likeness (QED) is 0.910. The van der Waals surface area contributed by atoms with E-state index in [9.17, 15) is 4.79 Å². The summed E-state index contributed by atoms with van der Waals surface area (Å²) >= 11 is 0. The number of anilines is 1. The Morgan fingerprint density at radius 2 is 2.00 bits per heavy atom. The third kappa shape index (κ3) is 3.93. The van der Waals surface area contributed by atoms with E-state index in [1.807, 2.05) is 4.90 Å². The molecule has 0 aliphatic carbocycles. The van der Waals surface area contributed by atoms with Crippen LogP contribution < -0.4 is 5.32 Å². The molecule has 0 bridgehead atoms. The van der Waals surface area contributed by atoms with Gasteiger partial charge in [-0.3, -0.25) is 4.79 Å². The second-order valence-corrected chi connectivity index (χ2v) is 6.84. The Bertz CT molecular complexity index is 478. The SMILES string of the molecule is CNc1ccc(C(=O)N2CCCC(C(C)(C)C)CC2)nn1. The number of hydrogen-bond acceptors (Lipinski definition) is 4. The molecule has 2 heterocycles. The number of nitrogens with one attached hydrogen (secondary N) is 1. The normalized spacial score (nSPS) is 20.0. The highest BCUT2D eigenvalue weighted by Crippen LogP contribution is 2.34. The molecule has 1 atom stereocenters. The average Bonchev–Trinajstić information content (AvgIpc) is 2.72. The van der Waals surface area contributed by atoms with Crippen molar-refractivity contribution in [2.75, 3.05) is 25.5 Å². The number of carbonyl (C=O) groups excluding carboxylic acids is 1. The van der Waals surface area contributed by atoms with Crippen molar-refractivity contribution in [3.8, 4) is 0 Å². The van der Waals surface area contributed by atoms with Crippen molar-refractivity contribution in [2.24, 2.45) is 11.3 Å². The lowest BCUT2D eigenvalue weighted by Gasteiger charge is -2.29. The second-order valence-electron chi connectivity index (χ2n) is 6.84. The van der Waals surface area contributed by atoms with Gasteiger partial charge in [-0.1, -0.05) is 20.8 Å². The third-order valence-corrected chi connectivity index (χ3v) is 4.38. The largest absolute Gasteiger partial charge is 0.372 e. The van der Waals surface area contributed by atoms with Gasteiger partial charge in [-0.2, -0.15) is 0 Å². The van der Waals surface area contributed by atoms with Crippen LogP contribution in [0.15, 0.2) is 12.1 Å². The number of hydrogen-bond donors (Lipinski definition) is 1. The molecule has 5 heteroatoms. The molecule has 1 saturated heterocycles. The molecule has 0 spiro atoms. The number of rotatable bonds is 2. The van der Waals surface area contributed by atoms with E-state index in [2.05, 4.69) is 36.3 Å². The van der Waals surface area contributed by atoms with Crippen LogP contribution in [-0.4, -0.2) is 41.1 Å². The Hall–Kier alpha value is -1.65. The highest BCUT2D eigenvalue weighted by molar-refractivity contribution is 5.92. The molecule has 1 aliphatic rings. The number of amides is 1. The van der Waals surface area contributed by atoms with Crippen molar-refractivity contribution < 1.29 is 4.79 Å². The Kier molecular flexibility index (Phi) is 4.80. The fourth-order valence-electron chi connectivity index (χ4n) is 2.91. The van der Waals surface area contributed by atoms with Crippen molar-refractivity contribution in [3.63, 3.8) is 0 Å². The van der Waals surface area contributed by atoms with Gasteiger partial charge in [0.2, 0.25) is 0 Å². The lowest BCUT2D eigenvalue weighted by Crippen LogP contribution is -2.33. The summed E-state index contributed by atoms with van der Waals surface area (Å²) in [7, 11) is 1.78. The molecule has 1 fully saturated rings. The van der Waals surface area contributed by atoms with Crippen LogP contribution in [-0.2, 0) is 0 Å². The van der Waals surface area contributed by atoms with Gasteiger partial charge in [-0.05, 0) is 42.7 Å². The summed E-state index contributed by atoms with van der Waals surface area (Å²) in [6, 6.07) is 3.53. The van der Waals surface area contributed by atoms with Gasteiger partial charge in [0, 0.05) is 20.1 Å². The molecule has 116 valence electrons. The van der Waals surface area contributed by atoms with E-state index in [0.29, 0.717) is 22.8 Å². The first-order valence-corrected chi connectivity index (χ1v) is 7.72. The van der Waals surface area contributed by atoms with E-state index in [1.165, 1.54) is 6.42 Å². The van der Waals surface area contributed by atoms with Crippen molar-refractivity contribution in [2.45, 2.75) is 40.0 Å². The molecule has 1 aliphatic heterocycles. The zero-order valence-electron chi connectivity index (χ0n) is 13.5. The van der Waals surface area contributed by atoms with Gasteiger partial charge >= 0.3 is 0 Å². The predicted octanol–water partition coefficient (Wildman–Crippen LogP) is 2.81. The third-order valence-electron chi connectivity index (χ3n) is 4.38. The van der Waals surface area contributed by atoms with Crippen molar-refractivity contribution in [1.29, 1.82) is 0 Å². The molecule has 0 aromatic carbocycles. The molecule has 0 saturated carbocycles. The molecular weight excluding hydrogens is 264 g/mol. The van der Waals surface area contributed by atoms with Gasteiger partial charge in [0.25, 0.3) is 5.91 Å². The smallest absolute Gasteiger partial charge is 0.274 e. The molecular formula is C16H26N4O. The first kappa shape index (κ1) is 15.7. The van der Waals surface area contributed by atoms with Gasteiger partial charge in [0.15, 0.2) is 5.69 Å².